The van der Waals surface area contributed by atoms with Gasteiger partial charge in [0.25, 0.3) is 5.56 Å². The van der Waals surface area contributed by atoms with Crippen molar-refractivity contribution in [2.24, 2.45) is 5.92 Å². The lowest BCUT2D eigenvalue weighted by Crippen LogP contribution is -2.35. The van der Waals surface area contributed by atoms with Crippen molar-refractivity contribution in [3.05, 3.63) is 87.3 Å². The number of carboxylic acid groups (broad SMARTS) is 1. The molecule has 186 valence electrons. The molecule has 1 unspecified atom stereocenters. The van der Waals surface area contributed by atoms with Crippen molar-refractivity contribution in [2.45, 2.75) is 59.5 Å². The van der Waals surface area contributed by atoms with Gasteiger partial charge in [0.1, 0.15) is 5.82 Å². The van der Waals surface area contributed by atoms with Crippen LogP contribution in [-0.2, 0) is 4.79 Å². The smallest absolute Gasteiger partial charge is 0.305 e. The third-order valence-corrected chi connectivity index (χ3v) is 6.17. The minimum atomic E-state index is -0.935. The van der Waals surface area contributed by atoms with Crippen LogP contribution in [0.1, 0.15) is 61.0 Å². The van der Waals surface area contributed by atoms with Crippen molar-refractivity contribution in [1.82, 2.24) is 14.9 Å². The SMILES string of the molecule is Cc1ccn(C(CN[C@@H](CC(=O)O)c2cncc(-c3c(C)cc(F)cc3C)c2)CC(C)C)c(=O)c1. The summed E-state index contributed by atoms with van der Waals surface area (Å²) < 4.78 is 15.5. The number of nitrogens with one attached hydrogen (secondary N) is 1. The van der Waals surface area contributed by atoms with Crippen molar-refractivity contribution in [1.29, 1.82) is 0 Å². The summed E-state index contributed by atoms with van der Waals surface area (Å²) in [6, 6.07) is 7.77. The van der Waals surface area contributed by atoms with Gasteiger partial charge in [-0.15, -0.1) is 0 Å². The molecule has 0 radical (unpaired) electrons. The third kappa shape index (κ3) is 6.85. The first kappa shape index (κ1) is 26.3. The molecule has 0 aliphatic carbocycles. The number of aliphatic carboxylic acids is 1. The van der Waals surface area contributed by atoms with E-state index in [1.165, 1.54) is 12.1 Å². The highest BCUT2D eigenvalue weighted by molar-refractivity contribution is 5.71. The molecule has 7 heteroatoms. The van der Waals surface area contributed by atoms with Crippen LogP contribution in [0.4, 0.5) is 4.39 Å². The van der Waals surface area contributed by atoms with E-state index in [4.69, 9.17) is 0 Å². The summed E-state index contributed by atoms with van der Waals surface area (Å²) in [6.07, 6.45) is 5.81. The molecule has 1 aromatic carbocycles. The molecule has 35 heavy (non-hydrogen) atoms. The fourth-order valence-electron chi connectivity index (χ4n) is 4.64. The lowest BCUT2D eigenvalue weighted by Gasteiger charge is -2.26. The number of carboxylic acids is 1. The second-order valence-corrected chi connectivity index (χ2v) is 9.71. The molecular weight excluding hydrogens is 445 g/mol. The van der Waals surface area contributed by atoms with Crippen LogP contribution in [0.15, 0.2) is 53.7 Å². The van der Waals surface area contributed by atoms with E-state index in [9.17, 15) is 19.1 Å². The minimum absolute atomic E-state index is 0.0711. The monoisotopic (exact) mass is 479 g/mol. The van der Waals surface area contributed by atoms with E-state index in [0.29, 0.717) is 12.5 Å². The molecule has 0 fully saturated rings. The number of rotatable bonds is 10. The zero-order chi connectivity index (χ0) is 25.7. The molecule has 2 N–H and O–H groups in total. The van der Waals surface area contributed by atoms with E-state index in [1.54, 1.807) is 29.2 Å². The van der Waals surface area contributed by atoms with Crippen LogP contribution in [0.2, 0.25) is 0 Å². The van der Waals surface area contributed by atoms with Gasteiger partial charge >= 0.3 is 5.97 Å². The van der Waals surface area contributed by atoms with Gasteiger partial charge in [-0.3, -0.25) is 14.6 Å². The van der Waals surface area contributed by atoms with Gasteiger partial charge in [0, 0.05) is 48.8 Å². The second kappa shape index (κ2) is 11.4. The molecule has 0 saturated heterocycles. The van der Waals surface area contributed by atoms with E-state index in [0.717, 1.165) is 39.8 Å². The highest BCUT2D eigenvalue weighted by Crippen LogP contribution is 2.30. The standard InChI is InChI=1S/C28H34FN3O3/c1-17(2)8-24(32-7-6-18(3)9-26(32)33)16-31-25(13-27(34)35)21-12-22(15-30-14-21)28-19(4)10-23(29)11-20(28)5/h6-7,9-12,14-15,17,24-25,31H,8,13,16H2,1-5H3,(H,34,35)/t24?,25-/m0/s1. The average molecular weight is 480 g/mol. The van der Waals surface area contributed by atoms with E-state index in [-0.39, 0.29) is 23.8 Å². The molecular formula is C28H34FN3O3. The molecule has 0 aliphatic rings. The van der Waals surface area contributed by atoms with E-state index >= 15 is 0 Å². The van der Waals surface area contributed by atoms with Gasteiger partial charge in [-0.05, 0) is 85.2 Å². The summed E-state index contributed by atoms with van der Waals surface area (Å²) in [4.78, 5) is 28.7. The number of aromatic nitrogens is 2. The predicted octanol–water partition coefficient (Wildman–Crippen LogP) is 5.37. The maximum absolute atomic E-state index is 13.8. The van der Waals surface area contributed by atoms with Gasteiger partial charge in [-0.1, -0.05) is 13.8 Å². The van der Waals surface area contributed by atoms with E-state index < -0.39 is 12.0 Å². The maximum Gasteiger partial charge on any atom is 0.305 e. The first-order valence-corrected chi connectivity index (χ1v) is 11.9. The largest absolute Gasteiger partial charge is 0.481 e. The number of pyridine rings is 2. The molecule has 2 heterocycles. The summed E-state index contributed by atoms with van der Waals surface area (Å²) in [6.45, 7) is 10.2. The maximum atomic E-state index is 13.8. The Morgan fingerprint density at radius 2 is 1.80 bits per heavy atom. The van der Waals surface area contributed by atoms with Crippen molar-refractivity contribution in [2.75, 3.05) is 6.54 Å². The molecule has 0 saturated carbocycles. The topological polar surface area (TPSA) is 84.2 Å². The van der Waals surface area contributed by atoms with Gasteiger partial charge in [-0.2, -0.15) is 0 Å². The van der Waals surface area contributed by atoms with Crippen LogP contribution < -0.4 is 10.9 Å². The molecule has 2 atom stereocenters. The molecule has 3 aromatic rings. The Hall–Kier alpha value is -3.32. The fourth-order valence-corrected chi connectivity index (χ4v) is 4.64. The molecule has 3 rings (SSSR count). The first-order chi connectivity index (χ1) is 16.5. The summed E-state index contributed by atoms with van der Waals surface area (Å²) in [5.74, 6) is -0.877. The van der Waals surface area contributed by atoms with E-state index in [2.05, 4.69) is 24.1 Å². The van der Waals surface area contributed by atoms with Crippen molar-refractivity contribution in [3.8, 4) is 11.1 Å². The normalized spacial score (nSPS) is 13.1. The Kier molecular flexibility index (Phi) is 8.57. The average Bonchev–Trinajstić information content (AvgIpc) is 2.75. The lowest BCUT2D eigenvalue weighted by molar-refractivity contribution is -0.137. The third-order valence-electron chi connectivity index (χ3n) is 6.17. The number of hydrogen-bond donors (Lipinski definition) is 2. The van der Waals surface area contributed by atoms with Gasteiger partial charge < -0.3 is 15.0 Å². The van der Waals surface area contributed by atoms with E-state index in [1.807, 2.05) is 32.9 Å². The molecule has 0 aliphatic heterocycles. The number of carbonyl (C=O) groups is 1. The Labute approximate surface area is 205 Å². The van der Waals surface area contributed by atoms with Crippen molar-refractivity contribution in [3.63, 3.8) is 0 Å². The number of hydrogen-bond acceptors (Lipinski definition) is 4. The van der Waals surface area contributed by atoms with Crippen molar-refractivity contribution >= 4 is 5.97 Å². The Balaban J connectivity index is 1.92. The lowest BCUT2D eigenvalue weighted by atomic mass is 9.94. The molecule has 0 spiro atoms. The van der Waals surface area contributed by atoms with Crippen molar-refractivity contribution < 1.29 is 14.3 Å². The van der Waals surface area contributed by atoms with Gasteiger partial charge in [0.2, 0.25) is 0 Å². The molecule has 2 aromatic heterocycles. The Bertz CT molecular complexity index is 1230. The number of benzene rings is 1. The Morgan fingerprint density at radius 3 is 2.40 bits per heavy atom. The summed E-state index contributed by atoms with van der Waals surface area (Å²) >= 11 is 0. The van der Waals surface area contributed by atoms with Gasteiger partial charge in [0.15, 0.2) is 0 Å². The Morgan fingerprint density at radius 1 is 1.11 bits per heavy atom. The fraction of sp³-hybridized carbons (Fsp3) is 0.393. The van der Waals surface area contributed by atoms with Gasteiger partial charge in [-0.25, -0.2) is 4.39 Å². The number of aryl methyl sites for hydroxylation is 3. The van der Waals surface area contributed by atoms with Crippen LogP contribution >= 0.6 is 0 Å². The zero-order valence-electron chi connectivity index (χ0n) is 21.0. The molecule has 6 nitrogen and oxygen atoms in total. The van der Waals surface area contributed by atoms with Gasteiger partial charge in [0.05, 0.1) is 6.42 Å². The van der Waals surface area contributed by atoms with Crippen LogP contribution in [0.3, 0.4) is 0 Å². The minimum Gasteiger partial charge on any atom is -0.481 e. The number of nitrogens with zero attached hydrogens (tertiary/aromatic N) is 2. The summed E-state index contributed by atoms with van der Waals surface area (Å²) in [5, 5.41) is 13.0. The van der Waals surface area contributed by atoms with Crippen LogP contribution in [0.25, 0.3) is 11.1 Å². The quantitative estimate of drug-likeness (QED) is 0.409. The summed E-state index contributed by atoms with van der Waals surface area (Å²) in [5.41, 5.74) is 4.84. The zero-order valence-corrected chi connectivity index (χ0v) is 21.0. The highest BCUT2D eigenvalue weighted by atomic mass is 19.1. The van der Waals surface area contributed by atoms with Crippen LogP contribution in [0, 0.1) is 32.5 Å². The predicted molar refractivity (Wildman–Crippen MR) is 136 cm³/mol. The highest BCUT2D eigenvalue weighted by Gasteiger charge is 2.21. The first-order valence-electron chi connectivity index (χ1n) is 11.9. The molecule has 0 bridgehead atoms. The second-order valence-electron chi connectivity index (χ2n) is 9.71. The van der Waals surface area contributed by atoms with Crippen LogP contribution in [0.5, 0.6) is 0 Å². The summed E-state index contributed by atoms with van der Waals surface area (Å²) in [7, 11) is 0. The molecule has 0 amide bonds. The van der Waals surface area contributed by atoms with Crippen LogP contribution in [-0.4, -0.2) is 27.2 Å². The number of halogens is 1.